The highest BCUT2D eigenvalue weighted by molar-refractivity contribution is 5.76. The number of carbonyl (C=O) groups excluding carboxylic acids is 1. The van der Waals surface area contributed by atoms with Gasteiger partial charge in [0, 0.05) is 38.5 Å². The van der Waals surface area contributed by atoms with E-state index >= 15 is 0 Å². The maximum Gasteiger partial charge on any atom is 0.223 e. The van der Waals surface area contributed by atoms with Crippen LogP contribution in [0.2, 0.25) is 0 Å². The third kappa shape index (κ3) is 4.47. The van der Waals surface area contributed by atoms with Gasteiger partial charge in [0.1, 0.15) is 12.1 Å². The molecule has 0 N–H and O–H groups in total. The Hall–Kier alpha value is -3.16. The van der Waals surface area contributed by atoms with E-state index in [4.69, 9.17) is 4.52 Å². The Morgan fingerprint density at radius 2 is 2.14 bits per heavy atom. The van der Waals surface area contributed by atoms with Gasteiger partial charge in [-0.25, -0.2) is 14.4 Å². The number of likely N-dealkylation sites (tertiary alicyclic amines) is 1. The van der Waals surface area contributed by atoms with E-state index in [1.165, 1.54) is 18.5 Å². The van der Waals surface area contributed by atoms with Crippen molar-refractivity contribution in [2.24, 2.45) is 0 Å². The summed E-state index contributed by atoms with van der Waals surface area (Å²) in [6.07, 6.45) is 6.05. The molecule has 0 saturated carbocycles. The number of halogens is 1. The summed E-state index contributed by atoms with van der Waals surface area (Å²) in [5, 5.41) is 3.99. The van der Waals surface area contributed by atoms with Gasteiger partial charge >= 0.3 is 0 Å². The van der Waals surface area contributed by atoms with Crippen LogP contribution in [0.1, 0.15) is 42.3 Å². The number of amides is 1. The second-order valence-electron chi connectivity index (χ2n) is 7.26. The molecule has 0 spiro atoms. The number of piperidine rings is 1. The Kier molecular flexibility index (Phi) is 5.59. The molecule has 150 valence electrons. The smallest absolute Gasteiger partial charge is 0.223 e. The molecule has 29 heavy (non-hydrogen) atoms. The fourth-order valence-electron chi connectivity index (χ4n) is 3.73. The largest absolute Gasteiger partial charge is 0.342 e. The van der Waals surface area contributed by atoms with Gasteiger partial charge in [0.05, 0.1) is 11.3 Å². The lowest BCUT2D eigenvalue weighted by molar-refractivity contribution is -0.132. The summed E-state index contributed by atoms with van der Waals surface area (Å²) in [5.41, 5.74) is 2.55. The molecule has 1 unspecified atom stereocenters. The summed E-state index contributed by atoms with van der Waals surface area (Å²) in [5.74, 6) is 0.880. The van der Waals surface area contributed by atoms with Crippen molar-refractivity contribution in [3.05, 3.63) is 59.8 Å². The number of aryl methyl sites for hydroxylation is 2. The Labute approximate surface area is 168 Å². The summed E-state index contributed by atoms with van der Waals surface area (Å²) < 4.78 is 18.1. The molecule has 1 aliphatic heterocycles. The second kappa shape index (κ2) is 8.46. The van der Waals surface area contributed by atoms with E-state index in [2.05, 4.69) is 20.1 Å². The van der Waals surface area contributed by atoms with Gasteiger partial charge in [0.15, 0.2) is 0 Å². The fourth-order valence-corrected chi connectivity index (χ4v) is 3.73. The van der Waals surface area contributed by atoms with E-state index in [0.717, 1.165) is 36.2 Å². The third-order valence-corrected chi connectivity index (χ3v) is 5.21. The van der Waals surface area contributed by atoms with Crippen molar-refractivity contribution in [2.75, 3.05) is 13.1 Å². The molecule has 0 bridgehead atoms. The summed E-state index contributed by atoms with van der Waals surface area (Å²) in [6.45, 7) is 3.08. The second-order valence-corrected chi connectivity index (χ2v) is 7.26. The maximum atomic E-state index is 13.0. The first-order chi connectivity index (χ1) is 14.1. The number of hydrogen-bond acceptors (Lipinski definition) is 6. The van der Waals surface area contributed by atoms with E-state index in [1.54, 1.807) is 25.3 Å². The molecule has 2 aromatic heterocycles. The Balaban J connectivity index is 1.45. The predicted molar refractivity (Wildman–Crippen MR) is 103 cm³/mol. The number of carbonyl (C=O) groups is 1. The highest BCUT2D eigenvalue weighted by Crippen LogP contribution is 2.31. The van der Waals surface area contributed by atoms with Crippen LogP contribution in [0.3, 0.4) is 0 Å². The number of hydrogen-bond donors (Lipinski definition) is 0. The van der Waals surface area contributed by atoms with Gasteiger partial charge in [0.25, 0.3) is 0 Å². The van der Waals surface area contributed by atoms with Crippen molar-refractivity contribution in [1.29, 1.82) is 0 Å². The third-order valence-electron chi connectivity index (χ3n) is 5.21. The molecule has 0 radical (unpaired) electrons. The molecule has 4 rings (SSSR count). The van der Waals surface area contributed by atoms with Crippen LogP contribution in [0.25, 0.3) is 11.4 Å². The zero-order chi connectivity index (χ0) is 20.2. The first-order valence-corrected chi connectivity index (χ1v) is 9.73. The van der Waals surface area contributed by atoms with E-state index in [0.29, 0.717) is 31.1 Å². The number of rotatable bonds is 5. The van der Waals surface area contributed by atoms with Crippen molar-refractivity contribution in [3.8, 4) is 11.4 Å². The molecule has 1 aromatic carbocycles. The van der Waals surface area contributed by atoms with Gasteiger partial charge in [-0.2, -0.15) is 4.98 Å². The fraction of sp³-hybridized carbons (Fsp3) is 0.381. The van der Waals surface area contributed by atoms with Crippen LogP contribution in [0.5, 0.6) is 0 Å². The first kappa shape index (κ1) is 19.2. The summed E-state index contributed by atoms with van der Waals surface area (Å²) in [4.78, 5) is 27.5. The average Bonchev–Trinajstić information content (AvgIpc) is 3.19. The van der Waals surface area contributed by atoms with Crippen molar-refractivity contribution in [3.63, 3.8) is 0 Å². The molecule has 1 fully saturated rings. The van der Waals surface area contributed by atoms with Crippen LogP contribution in [0, 0.1) is 12.7 Å². The van der Waals surface area contributed by atoms with Crippen molar-refractivity contribution >= 4 is 5.91 Å². The van der Waals surface area contributed by atoms with Crippen LogP contribution in [0.4, 0.5) is 4.39 Å². The lowest BCUT2D eigenvalue weighted by atomic mass is 9.91. The zero-order valence-corrected chi connectivity index (χ0v) is 16.2. The van der Waals surface area contributed by atoms with Crippen molar-refractivity contribution in [2.45, 2.75) is 38.5 Å². The minimum atomic E-state index is -0.267. The normalized spacial score (nSPS) is 16.8. The van der Waals surface area contributed by atoms with E-state index < -0.39 is 0 Å². The highest BCUT2D eigenvalue weighted by atomic mass is 19.1. The van der Waals surface area contributed by atoms with Crippen LogP contribution < -0.4 is 0 Å². The molecular weight excluding hydrogens is 373 g/mol. The van der Waals surface area contributed by atoms with Gasteiger partial charge < -0.3 is 9.42 Å². The zero-order valence-electron chi connectivity index (χ0n) is 16.2. The molecule has 1 saturated heterocycles. The van der Waals surface area contributed by atoms with Gasteiger partial charge in [-0.3, -0.25) is 4.79 Å². The SMILES string of the molecule is Cc1nc(-c2cncnc2C2CCCN(C(=O)CCc3ccc(F)cc3)C2)no1. The highest BCUT2D eigenvalue weighted by Gasteiger charge is 2.28. The predicted octanol–water partition coefficient (Wildman–Crippen LogP) is 3.31. The monoisotopic (exact) mass is 395 g/mol. The summed E-state index contributed by atoms with van der Waals surface area (Å²) in [6, 6.07) is 6.30. The lowest BCUT2D eigenvalue weighted by Crippen LogP contribution is -2.39. The average molecular weight is 395 g/mol. The molecule has 1 atom stereocenters. The van der Waals surface area contributed by atoms with Gasteiger partial charge in [0.2, 0.25) is 17.6 Å². The number of nitrogens with zero attached hydrogens (tertiary/aromatic N) is 5. The number of aromatic nitrogens is 4. The molecular formula is C21H22FN5O2. The minimum Gasteiger partial charge on any atom is -0.342 e. The molecule has 3 heterocycles. The van der Waals surface area contributed by atoms with E-state index in [1.807, 2.05) is 4.90 Å². The van der Waals surface area contributed by atoms with Crippen molar-refractivity contribution in [1.82, 2.24) is 25.0 Å². The molecule has 7 nitrogen and oxygen atoms in total. The number of benzene rings is 1. The van der Waals surface area contributed by atoms with Gasteiger partial charge in [-0.05, 0) is 37.0 Å². The first-order valence-electron chi connectivity index (χ1n) is 9.73. The van der Waals surface area contributed by atoms with Crippen molar-refractivity contribution < 1.29 is 13.7 Å². The van der Waals surface area contributed by atoms with E-state index in [-0.39, 0.29) is 17.6 Å². The minimum absolute atomic E-state index is 0.0929. The van der Waals surface area contributed by atoms with Gasteiger partial charge in [-0.15, -0.1) is 0 Å². The molecule has 0 aliphatic carbocycles. The molecule has 8 heteroatoms. The molecule has 1 amide bonds. The van der Waals surface area contributed by atoms with Crippen LogP contribution in [0.15, 0.2) is 41.3 Å². The standard InChI is InChI=1S/C21H22FN5O2/c1-14-25-21(26-29-14)18-11-23-13-24-20(18)16-3-2-10-27(12-16)19(28)9-6-15-4-7-17(22)8-5-15/h4-5,7-8,11,13,16H,2-3,6,9-10,12H2,1H3. The topological polar surface area (TPSA) is 85.0 Å². The van der Waals surface area contributed by atoms with Crippen LogP contribution in [-0.2, 0) is 11.2 Å². The molecule has 1 aliphatic rings. The molecule has 3 aromatic rings. The Morgan fingerprint density at radius 3 is 2.90 bits per heavy atom. The summed E-state index contributed by atoms with van der Waals surface area (Å²) in [7, 11) is 0. The van der Waals surface area contributed by atoms with E-state index in [9.17, 15) is 9.18 Å². The van der Waals surface area contributed by atoms with Crippen LogP contribution in [-0.4, -0.2) is 44.0 Å². The quantitative estimate of drug-likeness (QED) is 0.659. The Morgan fingerprint density at radius 1 is 1.31 bits per heavy atom. The lowest BCUT2D eigenvalue weighted by Gasteiger charge is -2.33. The van der Waals surface area contributed by atoms with Crippen LogP contribution >= 0.6 is 0 Å². The maximum absolute atomic E-state index is 13.0. The van der Waals surface area contributed by atoms with Gasteiger partial charge in [-0.1, -0.05) is 17.3 Å². The Bertz CT molecular complexity index is 989. The summed E-state index contributed by atoms with van der Waals surface area (Å²) >= 11 is 0.